The zero-order valence-electron chi connectivity index (χ0n) is 19.7. The molecule has 3 heterocycles. The summed E-state index contributed by atoms with van der Waals surface area (Å²) in [6, 6.07) is 3.55. The molecule has 1 amide bonds. The maximum atomic E-state index is 13.0. The summed E-state index contributed by atoms with van der Waals surface area (Å²) in [4.78, 5) is 24.6. The van der Waals surface area contributed by atoms with E-state index in [0.717, 1.165) is 75.7 Å². The number of thiazole rings is 1. The minimum atomic E-state index is -2.85. The summed E-state index contributed by atoms with van der Waals surface area (Å²) < 4.78 is 36.4. The molecule has 0 saturated heterocycles. The van der Waals surface area contributed by atoms with E-state index >= 15 is 0 Å². The molecule has 7 nitrogen and oxygen atoms in total. The number of carbonyl (C=O) groups is 1. The van der Waals surface area contributed by atoms with Crippen molar-refractivity contribution >= 4 is 17.2 Å². The second-order valence-corrected chi connectivity index (χ2v) is 10.3. The van der Waals surface area contributed by atoms with Gasteiger partial charge in [0.05, 0.1) is 12.8 Å². The predicted octanol–water partition coefficient (Wildman–Crippen LogP) is 4.32. The summed E-state index contributed by atoms with van der Waals surface area (Å²) in [5.74, 6) is -1.85. The first kappa shape index (κ1) is 24.8. The van der Waals surface area contributed by atoms with Gasteiger partial charge in [-0.05, 0) is 57.1 Å². The van der Waals surface area contributed by atoms with Crippen LogP contribution in [0.25, 0.3) is 0 Å². The largest absolute Gasteiger partial charge is 0.481 e. The summed E-state index contributed by atoms with van der Waals surface area (Å²) in [5.41, 5.74) is 1.53. The molecule has 1 aliphatic carbocycles. The van der Waals surface area contributed by atoms with Gasteiger partial charge in [0.2, 0.25) is 5.88 Å². The highest BCUT2D eigenvalue weighted by Gasteiger charge is 2.27. The number of rotatable bonds is 9. The number of nitrogens with zero attached hydrogens (tertiary/aromatic N) is 3. The molecule has 0 aromatic carbocycles. The fourth-order valence-electron chi connectivity index (χ4n) is 4.56. The van der Waals surface area contributed by atoms with Gasteiger partial charge in [-0.1, -0.05) is 11.3 Å². The van der Waals surface area contributed by atoms with E-state index in [4.69, 9.17) is 9.47 Å². The normalized spacial score (nSPS) is 21.1. The lowest BCUT2D eigenvalue weighted by Crippen LogP contribution is -2.38. The first-order valence-electron chi connectivity index (χ1n) is 11.8. The van der Waals surface area contributed by atoms with Crippen LogP contribution >= 0.6 is 11.3 Å². The fourth-order valence-corrected chi connectivity index (χ4v) is 5.47. The predicted molar refractivity (Wildman–Crippen MR) is 126 cm³/mol. The highest BCUT2D eigenvalue weighted by Crippen LogP contribution is 2.32. The average Bonchev–Trinajstić information content (AvgIpc) is 3.24. The lowest BCUT2D eigenvalue weighted by Gasteiger charge is -2.32. The van der Waals surface area contributed by atoms with Crippen molar-refractivity contribution in [3.05, 3.63) is 34.5 Å². The molecule has 0 unspecified atom stereocenters. The molecule has 1 fully saturated rings. The first-order chi connectivity index (χ1) is 16.3. The molecule has 2 aliphatic rings. The van der Waals surface area contributed by atoms with Gasteiger partial charge in [-0.2, -0.15) is 0 Å². The third-order valence-electron chi connectivity index (χ3n) is 6.48. The number of hydrogen-bond donors (Lipinski definition) is 1. The molecule has 34 heavy (non-hydrogen) atoms. The number of nitrogens with one attached hydrogen (secondary N) is 1. The highest BCUT2D eigenvalue weighted by molar-refractivity contribution is 7.13. The van der Waals surface area contributed by atoms with Crippen LogP contribution in [-0.2, 0) is 13.0 Å². The van der Waals surface area contributed by atoms with E-state index in [-0.39, 0.29) is 11.9 Å². The third kappa shape index (κ3) is 6.85. The summed E-state index contributed by atoms with van der Waals surface area (Å²) in [7, 11) is 1.54. The van der Waals surface area contributed by atoms with Gasteiger partial charge in [-0.15, -0.1) is 0 Å². The molecular weight excluding hydrogens is 462 g/mol. The van der Waals surface area contributed by atoms with Crippen LogP contribution in [0.4, 0.5) is 8.78 Å². The van der Waals surface area contributed by atoms with Gasteiger partial charge >= 0.3 is 0 Å². The molecule has 1 N–H and O–H groups in total. The maximum Gasteiger partial charge on any atom is 0.278 e. The topological polar surface area (TPSA) is 76.6 Å². The number of alkyl halides is 2. The zero-order chi connectivity index (χ0) is 24.1. The van der Waals surface area contributed by atoms with E-state index in [0.29, 0.717) is 22.6 Å². The molecule has 0 radical (unpaired) electrons. The lowest BCUT2D eigenvalue weighted by atomic mass is 9.84. The van der Waals surface area contributed by atoms with Crippen molar-refractivity contribution in [2.45, 2.75) is 64.0 Å². The van der Waals surface area contributed by atoms with Gasteiger partial charge < -0.3 is 14.8 Å². The molecule has 4 rings (SSSR count). The number of pyridine rings is 1. The Morgan fingerprint density at radius 1 is 1.32 bits per heavy atom. The Balaban J connectivity index is 1.18. The van der Waals surface area contributed by atoms with Crippen LogP contribution in [0.5, 0.6) is 11.1 Å². The van der Waals surface area contributed by atoms with Crippen molar-refractivity contribution in [2.75, 3.05) is 26.8 Å². The number of ether oxygens (including phenoxy) is 2. The van der Waals surface area contributed by atoms with Crippen LogP contribution in [0, 0.1) is 5.92 Å². The zero-order valence-corrected chi connectivity index (χ0v) is 20.5. The highest BCUT2D eigenvalue weighted by atomic mass is 32.1. The molecule has 186 valence electrons. The van der Waals surface area contributed by atoms with Crippen molar-refractivity contribution in [3.8, 4) is 11.1 Å². The van der Waals surface area contributed by atoms with Crippen molar-refractivity contribution in [2.24, 2.45) is 5.92 Å². The smallest absolute Gasteiger partial charge is 0.278 e. The summed E-state index contributed by atoms with van der Waals surface area (Å²) in [6.07, 6.45) is 7.75. The van der Waals surface area contributed by atoms with Gasteiger partial charge in [0.15, 0.2) is 6.61 Å². The van der Waals surface area contributed by atoms with E-state index < -0.39 is 12.5 Å². The number of fused-ring (bicyclic) bond motifs is 1. The summed E-state index contributed by atoms with van der Waals surface area (Å²) in [5, 5.41) is 3.49. The quantitative estimate of drug-likeness (QED) is 0.560. The lowest BCUT2D eigenvalue weighted by molar-refractivity contribution is -0.0230. The minimum absolute atomic E-state index is 0.0810. The van der Waals surface area contributed by atoms with Crippen molar-refractivity contribution in [1.82, 2.24) is 20.2 Å². The van der Waals surface area contributed by atoms with Crippen LogP contribution in [0.2, 0.25) is 0 Å². The number of hydrogen-bond acceptors (Lipinski definition) is 7. The number of methoxy groups -OCH3 is 1. The first-order valence-corrected chi connectivity index (χ1v) is 12.6. The van der Waals surface area contributed by atoms with Gasteiger partial charge in [-0.25, -0.2) is 18.7 Å². The molecule has 0 spiro atoms. The molecule has 0 atom stereocenters. The number of halogens is 2. The van der Waals surface area contributed by atoms with Crippen LogP contribution < -0.4 is 14.8 Å². The van der Waals surface area contributed by atoms with Crippen molar-refractivity contribution < 1.29 is 23.0 Å². The summed E-state index contributed by atoms with van der Waals surface area (Å²) in [6.45, 7) is 2.92. The van der Waals surface area contributed by atoms with Gasteiger partial charge in [0.25, 0.3) is 17.0 Å². The molecule has 1 saturated carbocycles. The average molecular weight is 495 g/mol. The molecule has 1 aliphatic heterocycles. The minimum Gasteiger partial charge on any atom is -0.481 e. The van der Waals surface area contributed by atoms with Crippen LogP contribution in [0.15, 0.2) is 18.3 Å². The Morgan fingerprint density at radius 2 is 2.12 bits per heavy atom. The Kier molecular flexibility index (Phi) is 7.98. The molecular formula is C24H32F2N4O3S. The number of carbonyl (C=O) groups excluding carboxylic acids is 1. The summed E-state index contributed by atoms with van der Waals surface area (Å²) >= 11 is 1.39. The van der Waals surface area contributed by atoms with Crippen molar-refractivity contribution in [3.63, 3.8) is 0 Å². The van der Waals surface area contributed by atoms with Gasteiger partial charge in [-0.3, -0.25) is 9.69 Å². The third-order valence-corrected chi connectivity index (χ3v) is 7.55. The standard InChI is InChI=1S/C24H32F2N4O3S/c1-24(25,26)15-33-23-29-19-14-30(12-9-20(19)34-23)11-8-16-3-5-18(6-4-16)28-22(31)17-7-10-27-21(13-17)32-2/h7,10,13,16,18H,3-6,8-9,11-12,14-15H2,1-2H3,(H,28,31). The maximum absolute atomic E-state index is 13.0. The Morgan fingerprint density at radius 3 is 2.85 bits per heavy atom. The van der Waals surface area contributed by atoms with Crippen LogP contribution in [-0.4, -0.2) is 59.5 Å². The van der Waals surface area contributed by atoms with E-state index in [1.807, 2.05) is 0 Å². The Bertz CT molecular complexity index is 973. The Hall–Kier alpha value is -2.33. The van der Waals surface area contributed by atoms with Crippen molar-refractivity contribution in [1.29, 1.82) is 0 Å². The fraction of sp³-hybridized carbons (Fsp3) is 0.625. The van der Waals surface area contributed by atoms with Crippen LogP contribution in [0.1, 0.15) is 60.0 Å². The second-order valence-electron chi connectivity index (χ2n) is 9.30. The Labute approximate surface area is 202 Å². The number of amides is 1. The monoisotopic (exact) mass is 494 g/mol. The van der Waals surface area contributed by atoms with E-state index in [9.17, 15) is 13.6 Å². The molecule has 10 heteroatoms. The molecule has 0 bridgehead atoms. The van der Waals surface area contributed by atoms with E-state index in [1.54, 1.807) is 18.3 Å². The van der Waals surface area contributed by atoms with Crippen LogP contribution in [0.3, 0.4) is 0 Å². The van der Waals surface area contributed by atoms with Gasteiger partial charge in [0, 0.05) is 48.8 Å². The number of aromatic nitrogens is 2. The van der Waals surface area contributed by atoms with E-state index in [1.165, 1.54) is 18.4 Å². The van der Waals surface area contributed by atoms with E-state index in [2.05, 4.69) is 20.2 Å². The van der Waals surface area contributed by atoms with Gasteiger partial charge in [0.1, 0.15) is 0 Å². The SMILES string of the molecule is COc1cc(C(=O)NC2CCC(CCN3CCc4sc(OCC(C)(F)F)nc4C3)CC2)ccn1. The molecule has 2 aromatic heterocycles. The second kappa shape index (κ2) is 10.9. The molecule has 2 aromatic rings.